The van der Waals surface area contributed by atoms with E-state index in [4.69, 9.17) is 0 Å². The molecule has 0 aliphatic rings. The standard InChI is InChI=1S/C10H12OS/c1-7-9(8(2)11)5-4-6-10(7)12-3/h4-6H,1-3H3. The maximum Gasteiger partial charge on any atom is 0.160 e. The highest BCUT2D eigenvalue weighted by molar-refractivity contribution is 7.98. The van der Waals surface area contributed by atoms with E-state index >= 15 is 0 Å². The highest BCUT2D eigenvalue weighted by atomic mass is 32.2. The molecule has 2 heteroatoms. The molecule has 0 bridgehead atoms. The normalized spacial score (nSPS) is 9.92. The van der Waals surface area contributed by atoms with Gasteiger partial charge in [0.2, 0.25) is 0 Å². The zero-order valence-corrected chi connectivity index (χ0v) is 8.37. The summed E-state index contributed by atoms with van der Waals surface area (Å²) in [6.07, 6.45) is 2.02. The van der Waals surface area contributed by atoms with Crippen LogP contribution < -0.4 is 0 Å². The first kappa shape index (κ1) is 9.33. The molecule has 12 heavy (non-hydrogen) atoms. The summed E-state index contributed by atoms with van der Waals surface area (Å²) in [6, 6.07) is 5.83. The molecule has 1 rings (SSSR count). The summed E-state index contributed by atoms with van der Waals surface area (Å²) in [5, 5.41) is 0. The Morgan fingerprint density at radius 1 is 1.42 bits per heavy atom. The molecule has 1 nitrogen and oxygen atoms in total. The first-order valence-corrected chi connectivity index (χ1v) is 5.04. The van der Waals surface area contributed by atoms with Crippen LogP contribution in [0.4, 0.5) is 0 Å². The van der Waals surface area contributed by atoms with E-state index in [0.717, 1.165) is 11.1 Å². The molecule has 64 valence electrons. The number of Topliss-reactive ketones (excluding diaryl/α,β-unsaturated/α-hetero) is 1. The Morgan fingerprint density at radius 3 is 2.58 bits per heavy atom. The first-order valence-electron chi connectivity index (χ1n) is 3.81. The lowest BCUT2D eigenvalue weighted by Crippen LogP contribution is -1.96. The van der Waals surface area contributed by atoms with Gasteiger partial charge in [0, 0.05) is 10.5 Å². The number of hydrogen-bond acceptors (Lipinski definition) is 2. The van der Waals surface area contributed by atoms with Gasteiger partial charge in [0.15, 0.2) is 5.78 Å². The Balaban J connectivity index is 3.23. The highest BCUT2D eigenvalue weighted by Gasteiger charge is 2.05. The molecule has 0 unspecified atom stereocenters. The number of rotatable bonds is 2. The van der Waals surface area contributed by atoms with Crippen LogP contribution in [0.25, 0.3) is 0 Å². The Bertz CT molecular complexity index is 305. The monoisotopic (exact) mass is 180 g/mol. The lowest BCUT2D eigenvalue weighted by Gasteiger charge is -2.05. The Labute approximate surface area is 77.2 Å². The Kier molecular flexibility index (Phi) is 2.93. The maximum atomic E-state index is 11.1. The summed E-state index contributed by atoms with van der Waals surface area (Å²) in [5.41, 5.74) is 1.93. The summed E-state index contributed by atoms with van der Waals surface area (Å²) in [4.78, 5) is 12.3. The van der Waals surface area contributed by atoms with E-state index < -0.39 is 0 Å². The van der Waals surface area contributed by atoms with Crippen LogP contribution in [0.15, 0.2) is 23.1 Å². The van der Waals surface area contributed by atoms with Gasteiger partial charge in [-0.1, -0.05) is 12.1 Å². The van der Waals surface area contributed by atoms with E-state index in [2.05, 4.69) is 0 Å². The molecule has 0 fully saturated rings. The number of hydrogen-bond donors (Lipinski definition) is 0. The van der Waals surface area contributed by atoms with E-state index in [1.807, 2.05) is 31.4 Å². The van der Waals surface area contributed by atoms with Gasteiger partial charge in [-0.3, -0.25) is 4.79 Å². The van der Waals surface area contributed by atoms with Gasteiger partial charge in [0.05, 0.1) is 0 Å². The summed E-state index contributed by atoms with van der Waals surface area (Å²) in [7, 11) is 0. The van der Waals surface area contributed by atoms with Crippen molar-refractivity contribution < 1.29 is 4.79 Å². The molecule has 0 N–H and O–H groups in total. The Hall–Kier alpha value is -0.760. The third kappa shape index (κ3) is 1.69. The second kappa shape index (κ2) is 3.76. The van der Waals surface area contributed by atoms with Crippen molar-refractivity contribution >= 4 is 17.5 Å². The van der Waals surface area contributed by atoms with Crippen molar-refractivity contribution in [3.05, 3.63) is 29.3 Å². The van der Waals surface area contributed by atoms with Gasteiger partial charge in [-0.2, -0.15) is 0 Å². The van der Waals surface area contributed by atoms with E-state index in [-0.39, 0.29) is 5.78 Å². The molecule has 0 spiro atoms. The van der Waals surface area contributed by atoms with Crippen LogP contribution in [-0.2, 0) is 0 Å². The minimum Gasteiger partial charge on any atom is -0.295 e. The molecule has 0 amide bonds. The van der Waals surface area contributed by atoms with Crippen molar-refractivity contribution in [2.24, 2.45) is 0 Å². The van der Waals surface area contributed by atoms with Gasteiger partial charge >= 0.3 is 0 Å². The van der Waals surface area contributed by atoms with Crippen LogP contribution >= 0.6 is 11.8 Å². The fourth-order valence-electron chi connectivity index (χ4n) is 1.22. The fraction of sp³-hybridized carbons (Fsp3) is 0.300. The van der Waals surface area contributed by atoms with E-state index in [1.54, 1.807) is 18.7 Å². The van der Waals surface area contributed by atoms with Crippen LogP contribution in [-0.4, -0.2) is 12.0 Å². The summed E-state index contributed by atoms with van der Waals surface area (Å²) in [6.45, 7) is 3.59. The molecule has 0 saturated carbocycles. The molecular weight excluding hydrogens is 168 g/mol. The van der Waals surface area contributed by atoms with Crippen molar-refractivity contribution in [3.8, 4) is 0 Å². The number of carbonyl (C=O) groups excluding carboxylic acids is 1. The van der Waals surface area contributed by atoms with Crippen molar-refractivity contribution in [2.45, 2.75) is 18.7 Å². The molecule has 0 atom stereocenters. The van der Waals surface area contributed by atoms with Crippen LogP contribution in [0.3, 0.4) is 0 Å². The molecule has 0 aromatic heterocycles. The number of benzene rings is 1. The number of ketones is 1. The highest BCUT2D eigenvalue weighted by Crippen LogP contribution is 2.22. The van der Waals surface area contributed by atoms with Gasteiger partial charge in [-0.25, -0.2) is 0 Å². The second-order valence-electron chi connectivity index (χ2n) is 2.69. The molecule has 0 aliphatic carbocycles. The second-order valence-corrected chi connectivity index (χ2v) is 3.54. The fourth-order valence-corrected chi connectivity index (χ4v) is 1.85. The maximum absolute atomic E-state index is 11.1. The van der Waals surface area contributed by atoms with Crippen molar-refractivity contribution in [1.29, 1.82) is 0 Å². The largest absolute Gasteiger partial charge is 0.295 e. The molecule has 1 aromatic carbocycles. The summed E-state index contributed by atoms with van der Waals surface area (Å²) >= 11 is 1.67. The third-order valence-electron chi connectivity index (χ3n) is 1.88. The molecule has 1 aromatic rings. The number of thioether (sulfide) groups is 1. The van der Waals surface area contributed by atoms with Crippen molar-refractivity contribution in [3.63, 3.8) is 0 Å². The van der Waals surface area contributed by atoms with Gasteiger partial charge in [-0.15, -0.1) is 11.8 Å². The summed E-state index contributed by atoms with van der Waals surface area (Å²) < 4.78 is 0. The predicted molar refractivity (Wildman–Crippen MR) is 53.0 cm³/mol. The average Bonchev–Trinajstić information content (AvgIpc) is 2.04. The summed E-state index contributed by atoms with van der Waals surface area (Å²) in [5.74, 6) is 0.142. The van der Waals surface area contributed by atoms with E-state index in [0.29, 0.717) is 0 Å². The number of carbonyl (C=O) groups is 1. The van der Waals surface area contributed by atoms with Crippen LogP contribution in [0.5, 0.6) is 0 Å². The smallest absolute Gasteiger partial charge is 0.160 e. The van der Waals surface area contributed by atoms with E-state index in [1.165, 1.54) is 4.90 Å². The predicted octanol–water partition coefficient (Wildman–Crippen LogP) is 2.92. The van der Waals surface area contributed by atoms with Gasteiger partial charge in [-0.05, 0) is 31.7 Å². The van der Waals surface area contributed by atoms with Crippen LogP contribution in [0.2, 0.25) is 0 Å². The molecule has 0 radical (unpaired) electrons. The van der Waals surface area contributed by atoms with Gasteiger partial charge in [0.25, 0.3) is 0 Å². The minimum atomic E-state index is 0.142. The Morgan fingerprint density at radius 2 is 2.08 bits per heavy atom. The third-order valence-corrected chi connectivity index (χ3v) is 2.77. The van der Waals surface area contributed by atoms with Gasteiger partial charge < -0.3 is 0 Å². The zero-order valence-electron chi connectivity index (χ0n) is 7.55. The lowest BCUT2D eigenvalue weighted by molar-refractivity contribution is 0.101. The minimum absolute atomic E-state index is 0.142. The zero-order chi connectivity index (χ0) is 9.14. The van der Waals surface area contributed by atoms with Crippen molar-refractivity contribution in [1.82, 2.24) is 0 Å². The van der Waals surface area contributed by atoms with Crippen molar-refractivity contribution in [2.75, 3.05) is 6.26 Å². The van der Waals surface area contributed by atoms with Gasteiger partial charge in [0.1, 0.15) is 0 Å². The SMILES string of the molecule is CSc1cccc(C(C)=O)c1C. The molecule has 0 saturated heterocycles. The average molecular weight is 180 g/mol. The van der Waals surface area contributed by atoms with Crippen LogP contribution in [0, 0.1) is 6.92 Å². The molecule has 0 aliphatic heterocycles. The first-order chi connectivity index (χ1) is 5.66. The van der Waals surface area contributed by atoms with Crippen LogP contribution in [0.1, 0.15) is 22.8 Å². The quantitative estimate of drug-likeness (QED) is 0.514. The molecule has 0 heterocycles. The van der Waals surface area contributed by atoms with E-state index in [9.17, 15) is 4.79 Å². The molecular formula is C10H12OS. The lowest BCUT2D eigenvalue weighted by atomic mass is 10.1. The topological polar surface area (TPSA) is 17.1 Å².